The van der Waals surface area contributed by atoms with E-state index < -0.39 is 22.8 Å². The van der Waals surface area contributed by atoms with Crippen molar-refractivity contribution in [3.63, 3.8) is 0 Å². The van der Waals surface area contributed by atoms with Gasteiger partial charge in [-0.05, 0) is 84.9 Å². The van der Waals surface area contributed by atoms with Crippen molar-refractivity contribution < 1.29 is 19.8 Å². The second kappa shape index (κ2) is 3.43. The van der Waals surface area contributed by atoms with E-state index in [1.165, 1.54) is 12.8 Å². The molecule has 8 aliphatic rings. The highest BCUT2D eigenvalue weighted by Gasteiger charge is 3.00. The molecule has 0 aromatic carbocycles. The van der Waals surface area contributed by atoms with Gasteiger partial charge in [0, 0.05) is 0 Å². The molecule has 4 heteroatoms. The highest BCUT2D eigenvalue weighted by molar-refractivity contribution is 5.93. The second-order valence-corrected chi connectivity index (χ2v) is 10.1. The third-order valence-corrected chi connectivity index (χ3v) is 10.7. The summed E-state index contributed by atoms with van der Waals surface area (Å²) in [5.41, 5.74) is -1.80. The first-order valence-corrected chi connectivity index (χ1v) is 10.1. The van der Waals surface area contributed by atoms with Crippen LogP contribution in [0.25, 0.3) is 0 Å². The van der Waals surface area contributed by atoms with Crippen molar-refractivity contribution in [3.05, 3.63) is 0 Å². The van der Waals surface area contributed by atoms with Gasteiger partial charge >= 0.3 is 11.9 Å². The van der Waals surface area contributed by atoms with Gasteiger partial charge < -0.3 is 10.2 Å². The lowest BCUT2D eigenvalue weighted by Crippen LogP contribution is -2.64. The van der Waals surface area contributed by atoms with Crippen LogP contribution in [0.3, 0.4) is 0 Å². The van der Waals surface area contributed by atoms with E-state index in [4.69, 9.17) is 0 Å². The van der Waals surface area contributed by atoms with Gasteiger partial charge in [0.25, 0.3) is 0 Å². The molecule has 0 saturated heterocycles. The zero-order chi connectivity index (χ0) is 16.2. The number of carboxylic acids is 2. The first-order valence-electron chi connectivity index (χ1n) is 10.1. The first-order chi connectivity index (χ1) is 11.6. The summed E-state index contributed by atoms with van der Waals surface area (Å²) in [6.45, 7) is 0. The number of hydrogen-bond acceptors (Lipinski definition) is 2. The number of aliphatic carboxylic acids is 2. The van der Waals surface area contributed by atoms with Crippen molar-refractivity contribution in [2.75, 3.05) is 0 Å². The van der Waals surface area contributed by atoms with Gasteiger partial charge in [-0.15, -0.1) is 0 Å². The quantitative estimate of drug-likeness (QED) is 0.817. The molecule has 8 bridgehead atoms. The van der Waals surface area contributed by atoms with Crippen LogP contribution < -0.4 is 0 Å². The van der Waals surface area contributed by atoms with Gasteiger partial charge in [0.1, 0.15) is 0 Å². The maximum absolute atomic E-state index is 12.8. The average molecular weight is 328 g/mol. The molecule has 8 aliphatic carbocycles. The Labute approximate surface area is 141 Å². The lowest BCUT2D eigenvalue weighted by atomic mass is 9.44. The molecule has 2 N–H and O–H groups in total. The Balaban J connectivity index is 1.56. The maximum atomic E-state index is 12.8. The summed E-state index contributed by atoms with van der Waals surface area (Å²) in [6.07, 6.45) is 7.01. The monoisotopic (exact) mass is 328 g/mol. The molecular weight excluding hydrogens is 304 g/mol. The minimum atomic E-state index is -0.902. The van der Waals surface area contributed by atoms with E-state index in [2.05, 4.69) is 0 Å². The number of carbonyl (C=O) groups is 2. The summed E-state index contributed by atoms with van der Waals surface area (Å²) in [5, 5.41) is 21.0. The van der Waals surface area contributed by atoms with Crippen LogP contribution in [0.4, 0.5) is 0 Å². The first kappa shape index (κ1) is 13.2. The standard InChI is InChI=1S/C20H24O4/c21-17(22)19-13-7-3-1-4-8(7)14-11(13)12-15(19)9-5-2-6-10(9)16(12)20(14,19)18(23)24/h7-16H,1-6H2,(H,21,22)(H,23,24)/t7-,8-,9-,10+,11?,12?,13-,14-,15+,16+,19?,20?/m0/s1. The topological polar surface area (TPSA) is 74.6 Å². The Kier molecular flexibility index (Phi) is 1.89. The van der Waals surface area contributed by atoms with Crippen LogP contribution in [-0.4, -0.2) is 22.2 Å². The molecule has 4 nitrogen and oxygen atoms in total. The summed E-state index contributed by atoms with van der Waals surface area (Å²) in [4.78, 5) is 25.6. The Hall–Kier alpha value is -1.06. The summed E-state index contributed by atoms with van der Waals surface area (Å²) in [6, 6.07) is 0. The van der Waals surface area contributed by atoms with Crippen LogP contribution in [0.1, 0.15) is 38.5 Å². The van der Waals surface area contributed by atoms with E-state index in [0.29, 0.717) is 35.5 Å². The molecular formula is C20H24O4. The zero-order valence-electron chi connectivity index (χ0n) is 13.7. The fraction of sp³-hybridized carbons (Fsp3) is 0.900. The van der Waals surface area contributed by atoms with Crippen molar-refractivity contribution >= 4 is 11.9 Å². The van der Waals surface area contributed by atoms with Crippen LogP contribution in [0.5, 0.6) is 0 Å². The largest absolute Gasteiger partial charge is 0.481 e. The van der Waals surface area contributed by atoms with Crippen LogP contribution in [-0.2, 0) is 9.59 Å². The summed E-state index contributed by atoms with van der Waals surface area (Å²) in [5.74, 6) is 2.28. The number of hydrogen-bond donors (Lipinski definition) is 2. The molecule has 0 heterocycles. The number of carboxylic acid groups (broad SMARTS) is 2. The van der Waals surface area contributed by atoms with Gasteiger partial charge in [0.2, 0.25) is 0 Å². The van der Waals surface area contributed by atoms with E-state index in [9.17, 15) is 19.8 Å². The van der Waals surface area contributed by atoms with E-state index in [-0.39, 0.29) is 23.7 Å². The molecule has 4 unspecified atom stereocenters. The van der Waals surface area contributed by atoms with E-state index in [0.717, 1.165) is 25.7 Å². The zero-order valence-corrected chi connectivity index (χ0v) is 13.7. The molecule has 0 amide bonds. The molecule has 0 aromatic rings. The van der Waals surface area contributed by atoms with Crippen molar-refractivity contribution in [1.29, 1.82) is 0 Å². The smallest absolute Gasteiger partial charge is 0.311 e. The maximum Gasteiger partial charge on any atom is 0.311 e. The van der Waals surface area contributed by atoms with Gasteiger partial charge in [-0.2, -0.15) is 0 Å². The lowest BCUT2D eigenvalue weighted by molar-refractivity contribution is -0.204. The molecule has 128 valence electrons. The van der Waals surface area contributed by atoms with E-state index >= 15 is 0 Å². The van der Waals surface area contributed by atoms with Crippen molar-refractivity contribution in [2.24, 2.45) is 70.0 Å². The SMILES string of the molecule is O=C(O)C12[C@@H]3C4C5[C@H]1[C@@H]1CCC[C@@H]1[C@H]5C2(C(=O)O)[C@H]4[C@H]1CCC[C@@H]13. The Morgan fingerprint density at radius 2 is 0.917 bits per heavy atom. The molecule has 0 aromatic heterocycles. The van der Waals surface area contributed by atoms with Gasteiger partial charge in [-0.3, -0.25) is 9.59 Å². The second-order valence-electron chi connectivity index (χ2n) is 10.1. The van der Waals surface area contributed by atoms with Crippen LogP contribution in [0.15, 0.2) is 0 Å². The fourth-order valence-electron chi connectivity index (χ4n) is 11.4. The third-order valence-electron chi connectivity index (χ3n) is 10.7. The Morgan fingerprint density at radius 3 is 1.17 bits per heavy atom. The van der Waals surface area contributed by atoms with Crippen LogP contribution in [0.2, 0.25) is 0 Å². The van der Waals surface area contributed by atoms with Crippen molar-refractivity contribution in [2.45, 2.75) is 38.5 Å². The molecule has 8 rings (SSSR count). The molecule has 0 spiro atoms. The fourth-order valence-corrected chi connectivity index (χ4v) is 11.4. The third kappa shape index (κ3) is 0.834. The van der Waals surface area contributed by atoms with Crippen LogP contribution in [0, 0.1) is 70.0 Å². The minimum absolute atomic E-state index is 0.191. The van der Waals surface area contributed by atoms with Gasteiger partial charge in [-0.25, -0.2) is 0 Å². The highest BCUT2D eigenvalue weighted by Crippen LogP contribution is 2.97. The molecule has 0 aliphatic heterocycles. The highest BCUT2D eigenvalue weighted by atomic mass is 16.4. The van der Waals surface area contributed by atoms with Crippen LogP contribution >= 0.6 is 0 Å². The van der Waals surface area contributed by atoms with Gasteiger partial charge in [0.15, 0.2) is 0 Å². The average Bonchev–Trinajstić information content (AvgIpc) is 3.30. The Bertz CT molecular complexity index is 616. The predicted molar refractivity (Wildman–Crippen MR) is 82.7 cm³/mol. The summed E-state index contributed by atoms with van der Waals surface area (Å²) < 4.78 is 0. The normalized spacial score (nSPS) is 68.8. The van der Waals surface area contributed by atoms with E-state index in [1.54, 1.807) is 0 Å². The number of rotatable bonds is 2. The minimum Gasteiger partial charge on any atom is -0.481 e. The Morgan fingerprint density at radius 1 is 0.625 bits per heavy atom. The molecule has 8 saturated carbocycles. The van der Waals surface area contributed by atoms with Gasteiger partial charge in [0.05, 0.1) is 10.8 Å². The number of fused-ring (bicyclic) bond motifs is 2. The summed E-state index contributed by atoms with van der Waals surface area (Å²) in [7, 11) is 0. The van der Waals surface area contributed by atoms with Crippen molar-refractivity contribution in [1.82, 2.24) is 0 Å². The lowest BCUT2D eigenvalue weighted by Gasteiger charge is -2.56. The molecule has 0 radical (unpaired) electrons. The summed E-state index contributed by atoms with van der Waals surface area (Å²) >= 11 is 0. The predicted octanol–water partition coefficient (Wildman–Crippen LogP) is 2.73. The van der Waals surface area contributed by atoms with Crippen molar-refractivity contribution in [3.8, 4) is 0 Å². The van der Waals surface area contributed by atoms with E-state index in [1.807, 2.05) is 0 Å². The molecule has 24 heavy (non-hydrogen) atoms. The molecule has 8 fully saturated rings. The molecule has 12 atom stereocenters. The van der Waals surface area contributed by atoms with Gasteiger partial charge in [-0.1, -0.05) is 12.8 Å².